The largest absolute Gasteiger partial charge is 0.381 e. The lowest BCUT2D eigenvalue weighted by Gasteiger charge is -2.37. The average molecular weight is 510 g/mol. The predicted molar refractivity (Wildman–Crippen MR) is 136 cm³/mol. The summed E-state index contributed by atoms with van der Waals surface area (Å²) in [7, 11) is 0. The Labute approximate surface area is 214 Å². The molecule has 0 aliphatic carbocycles. The zero-order valence-electron chi connectivity index (χ0n) is 20.3. The smallest absolute Gasteiger partial charge is 0.282 e. The number of carbonyl (C=O) groups is 3. The number of anilines is 2. The van der Waals surface area contributed by atoms with Gasteiger partial charge in [0.1, 0.15) is 0 Å². The molecule has 4 aliphatic rings. The Hall–Kier alpha value is -2.82. The van der Waals surface area contributed by atoms with Gasteiger partial charge in [-0.15, -0.1) is 11.3 Å². The molecule has 3 saturated heterocycles. The second-order valence-electron chi connectivity index (χ2n) is 9.97. The normalized spacial score (nSPS) is 23.4. The van der Waals surface area contributed by atoms with Crippen molar-refractivity contribution in [2.24, 2.45) is 5.92 Å². The summed E-state index contributed by atoms with van der Waals surface area (Å²) >= 11 is 1.37. The van der Waals surface area contributed by atoms with Crippen LogP contribution < -0.4 is 9.80 Å². The molecule has 190 valence electrons. The van der Waals surface area contributed by atoms with Crippen LogP contribution in [0.15, 0.2) is 29.8 Å². The number of piperazine rings is 1. The number of fused-ring (bicyclic) bond motifs is 1. The molecular formula is C26H31N5O4S. The van der Waals surface area contributed by atoms with Crippen LogP contribution in [0.4, 0.5) is 11.4 Å². The third kappa shape index (κ3) is 4.42. The minimum absolute atomic E-state index is 0.00346. The highest BCUT2D eigenvalue weighted by molar-refractivity contribution is 7.11. The van der Waals surface area contributed by atoms with Gasteiger partial charge in [0.15, 0.2) is 5.01 Å². The number of hydrogen-bond acceptors (Lipinski definition) is 7. The van der Waals surface area contributed by atoms with Gasteiger partial charge < -0.3 is 19.4 Å². The minimum atomic E-state index is -0.00346. The first-order valence-corrected chi connectivity index (χ1v) is 13.7. The van der Waals surface area contributed by atoms with Crippen molar-refractivity contribution >= 4 is 40.4 Å². The van der Waals surface area contributed by atoms with E-state index in [1.165, 1.54) is 11.3 Å². The number of ether oxygens (including phenoxy) is 1. The third-order valence-electron chi connectivity index (χ3n) is 7.94. The molecule has 3 fully saturated rings. The second kappa shape index (κ2) is 9.91. The Morgan fingerprint density at radius 1 is 1.06 bits per heavy atom. The molecule has 4 aliphatic heterocycles. The lowest BCUT2D eigenvalue weighted by molar-refractivity contribution is -0.125. The van der Waals surface area contributed by atoms with Gasteiger partial charge in [0, 0.05) is 93.8 Å². The van der Waals surface area contributed by atoms with Crippen molar-refractivity contribution < 1.29 is 19.1 Å². The van der Waals surface area contributed by atoms with Crippen molar-refractivity contribution in [3.63, 3.8) is 0 Å². The van der Waals surface area contributed by atoms with E-state index in [2.05, 4.69) is 16.0 Å². The van der Waals surface area contributed by atoms with Gasteiger partial charge in [-0.2, -0.15) is 0 Å². The predicted octanol–water partition coefficient (Wildman–Crippen LogP) is 2.02. The maximum absolute atomic E-state index is 13.1. The van der Waals surface area contributed by atoms with Gasteiger partial charge in [-0.3, -0.25) is 19.3 Å². The van der Waals surface area contributed by atoms with Crippen LogP contribution in [0.2, 0.25) is 0 Å². The average Bonchev–Trinajstić information content (AvgIpc) is 3.68. The number of hydrogen-bond donors (Lipinski definition) is 0. The second-order valence-corrected chi connectivity index (χ2v) is 10.9. The van der Waals surface area contributed by atoms with E-state index in [0.717, 1.165) is 49.3 Å². The lowest BCUT2D eigenvalue weighted by atomic mass is 9.98. The van der Waals surface area contributed by atoms with E-state index in [0.29, 0.717) is 50.8 Å². The summed E-state index contributed by atoms with van der Waals surface area (Å²) in [5, 5.41) is 2.36. The monoisotopic (exact) mass is 509 g/mol. The van der Waals surface area contributed by atoms with Crippen LogP contribution >= 0.6 is 11.3 Å². The van der Waals surface area contributed by atoms with Crippen LogP contribution in [0.3, 0.4) is 0 Å². The Balaban J connectivity index is 1.08. The molecule has 2 aromatic rings. The van der Waals surface area contributed by atoms with Crippen molar-refractivity contribution in [2.45, 2.75) is 31.7 Å². The topological polar surface area (TPSA) is 86.3 Å². The van der Waals surface area contributed by atoms with Gasteiger partial charge >= 0.3 is 0 Å². The van der Waals surface area contributed by atoms with Gasteiger partial charge in [0.2, 0.25) is 11.8 Å². The van der Waals surface area contributed by atoms with Crippen LogP contribution in [0.1, 0.15) is 34.6 Å². The fourth-order valence-corrected chi connectivity index (χ4v) is 6.49. The standard InChI is InChI=1S/C26H31N5O4S/c32-23-16-21(28-8-10-29(11-9-28)26(34)24-27-6-14-36-24)17-31(23)20-1-2-22-19(15-20)3-7-30(22)25(33)18-4-12-35-13-5-18/h1-2,6,14-15,18,21H,3-5,7-13,16-17H2. The van der Waals surface area contributed by atoms with Gasteiger partial charge in [-0.05, 0) is 43.0 Å². The van der Waals surface area contributed by atoms with Gasteiger partial charge in [-0.25, -0.2) is 4.98 Å². The molecule has 1 aromatic heterocycles. The van der Waals surface area contributed by atoms with E-state index in [9.17, 15) is 14.4 Å². The van der Waals surface area contributed by atoms with Crippen LogP contribution in [-0.4, -0.2) is 91.0 Å². The van der Waals surface area contributed by atoms with E-state index in [1.807, 2.05) is 32.2 Å². The Morgan fingerprint density at radius 2 is 1.86 bits per heavy atom. The molecule has 3 amide bonds. The molecular weight excluding hydrogens is 478 g/mol. The summed E-state index contributed by atoms with van der Waals surface area (Å²) in [5.74, 6) is 0.378. The van der Waals surface area contributed by atoms with Crippen LogP contribution in [-0.2, 0) is 20.7 Å². The summed E-state index contributed by atoms with van der Waals surface area (Å²) in [4.78, 5) is 50.8. The first-order valence-electron chi connectivity index (χ1n) is 12.8. The van der Waals surface area contributed by atoms with E-state index in [-0.39, 0.29) is 29.7 Å². The molecule has 36 heavy (non-hydrogen) atoms. The Bertz CT molecular complexity index is 1140. The van der Waals surface area contributed by atoms with Crippen molar-refractivity contribution in [1.82, 2.24) is 14.8 Å². The number of carbonyl (C=O) groups excluding carboxylic acids is 3. The molecule has 0 radical (unpaired) electrons. The maximum Gasteiger partial charge on any atom is 0.282 e. The third-order valence-corrected chi connectivity index (χ3v) is 8.71. The summed E-state index contributed by atoms with van der Waals surface area (Å²) < 4.78 is 5.42. The molecule has 0 N–H and O–H groups in total. The number of amides is 3. The van der Waals surface area contributed by atoms with E-state index < -0.39 is 0 Å². The molecule has 10 heteroatoms. The van der Waals surface area contributed by atoms with Gasteiger partial charge in [0.05, 0.1) is 0 Å². The highest BCUT2D eigenvalue weighted by atomic mass is 32.1. The van der Waals surface area contributed by atoms with Crippen molar-refractivity contribution in [2.75, 3.05) is 62.3 Å². The SMILES string of the molecule is O=C(c1nccs1)N1CCN(C2CC(=O)N(c3ccc4c(c3)CCN4C(=O)C3CCOCC3)C2)CC1. The molecule has 1 atom stereocenters. The molecule has 6 rings (SSSR count). The van der Waals surface area contributed by atoms with Crippen LogP contribution in [0.5, 0.6) is 0 Å². The minimum Gasteiger partial charge on any atom is -0.381 e. The van der Waals surface area contributed by atoms with E-state index in [4.69, 9.17) is 4.74 Å². The molecule has 0 bridgehead atoms. The zero-order valence-corrected chi connectivity index (χ0v) is 21.1. The van der Waals surface area contributed by atoms with Crippen molar-refractivity contribution in [1.29, 1.82) is 0 Å². The fraction of sp³-hybridized carbons (Fsp3) is 0.538. The molecule has 0 saturated carbocycles. The molecule has 5 heterocycles. The highest BCUT2D eigenvalue weighted by Crippen LogP contribution is 2.35. The van der Waals surface area contributed by atoms with Crippen LogP contribution in [0.25, 0.3) is 0 Å². The Morgan fingerprint density at radius 3 is 2.61 bits per heavy atom. The zero-order chi connectivity index (χ0) is 24.6. The lowest BCUT2D eigenvalue weighted by Crippen LogP contribution is -2.52. The summed E-state index contributed by atoms with van der Waals surface area (Å²) in [5.41, 5.74) is 3.04. The van der Waals surface area contributed by atoms with E-state index in [1.54, 1.807) is 6.20 Å². The number of thiazole rings is 1. The number of rotatable bonds is 4. The Kier molecular flexibility index (Phi) is 6.49. The number of aromatic nitrogens is 1. The summed E-state index contributed by atoms with van der Waals surface area (Å²) in [6.07, 6.45) is 4.55. The van der Waals surface area contributed by atoms with Gasteiger partial charge in [-0.1, -0.05) is 0 Å². The maximum atomic E-state index is 13.1. The van der Waals surface area contributed by atoms with E-state index >= 15 is 0 Å². The summed E-state index contributed by atoms with van der Waals surface area (Å²) in [6.45, 7) is 5.50. The van der Waals surface area contributed by atoms with Crippen molar-refractivity contribution in [3.05, 3.63) is 40.3 Å². The first kappa shape index (κ1) is 23.6. The fourth-order valence-electron chi connectivity index (χ4n) is 5.89. The quantitative estimate of drug-likeness (QED) is 0.627. The highest BCUT2D eigenvalue weighted by Gasteiger charge is 2.37. The summed E-state index contributed by atoms with van der Waals surface area (Å²) in [6, 6.07) is 6.24. The first-order chi connectivity index (χ1) is 17.6. The number of nitrogens with zero attached hydrogens (tertiary/aromatic N) is 5. The van der Waals surface area contributed by atoms with Gasteiger partial charge in [0.25, 0.3) is 5.91 Å². The van der Waals surface area contributed by atoms with Crippen LogP contribution in [0, 0.1) is 5.92 Å². The molecule has 9 nitrogen and oxygen atoms in total. The molecule has 1 unspecified atom stereocenters. The molecule has 0 spiro atoms. The van der Waals surface area contributed by atoms with Crippen molar-refractivity contribution in [3.8, 4) is 0 Å². The number of benzene rings is 1. The molecule has 1 aromatic carbocycles.